The summed E-state index contributed by atoms with van der Waals surface area (Å²) in [5, 5.41) is 2.58. The SMILES string of the molecule is Cc1ccc(C(=O)C(=O)NCc2cccnc2)cc1. The number of aryl methyl sites for hydroxylation is 1. The number of ketones is 1. The summed E-state index contributed by atoms with van der Waals surface area (Å²) in [6, 6.07) is 10.5. The smallest absolute Gasteiger partial charge is 0.292 e. The summed E-state index contributed by atoms with van der Waals surface area (Å²) in [6.07, 6.45) is 3.30. The van der Waals surface area contributed by atoms with Crippen molar-refractivity contribution in [3.05, 3.63) is 65.5 Å². The van der Waals surface area contributed by atoms with Crippen LogP contribution in [-0.4, -0.2) is 16.7 Å². The van der Waals surface area contributed by atoms with Crippen LogP contribution in [0.2, 0.25) is 0 Å². The average molecular weight is 254 g/mol. The fourth-order valence-electron chi connectivity index (χ4n) is 1.60. The van der Waals surface area contributed by atoms with Crippen LogP contribution in [0, 0.1) is 6.92 Å². The summed E-state index contributed by atoms with van der Waals surface area (Å²) in [6.45, 7) is 2.22. The molecule has 2 aromatic rings. The zero-order valence-corrected chi connectivity index (χ0v) is 10.6. The van der Waals surface area contributed by atoms with Crippen LogP contribution in [0.4, 0.5) is 0 Å². The van der Waals surface area contributed by atoms with Gasteiger partial charge in [0.05, 0.1) is 0 Å². The fourth-order valence-corrected chi connectivity index (χ4v) is 1.60. The molecule has 19 heavy (non-hydrogen) atoms. The van der Waals surface area contributed by atoms with Crippen LogP contribution < -0.4 is 5.32 Å². The molecule has 1 aromatic carbocycles. The van der Waals surface area contributed by atoms with Crippen LogP contribution in [0.1, 0.15) is 21.5 Å². The van der Waals surface area contributed by atoms with Crippen molar-refractivity contribution in [3.63, 3.8) is 0 Å². The molecule has 0 spiro atoms. The van der Waals surface area contributed by atoms with Gasteiger partial charge in [0.1, 0.15) is 0 Å². The fraction of sp³-hybridized carbons (Fsp3) is 0.133. The number of nitrogens with zero attached hydrogens (tertiary/aromatic N) is 1. The molecule has 0 radical (unpaired) electrons. The van der Waals surface area contributed by atoms with Gasteiger partial charge >= 0.3 is 0 Å². The van der Waals surface area contributed by atoms with Gasteiger partial charge in [-0.3, -0.25) is 14.6 Å². The third-order valence-electron chi connectivity index (χ3n) is 2.70. The van der Waals surface area contributed by atoms with Crippen LogP contribution in [0.25, 0.3) is 0 Å². The second kappa shape index (κ2) is 5.91. The number of pyridine rings is 1. The lowest BCUT2D eigenvalue weighted by Crippen LogP contribution is -2.30. The lowest BCUT2D eigenvalue weighted by molar-refractivity contribution is -0.117. The van der Waals surface area contributed by atoms with Crippen LogP contribution in [0.5, 0.6) is 0 Å². The highest BCUT2D eigenvalue weighted by atomic mass is 16.2. The second-order valence-electron chi connectivity index (χ2n) is 4.24. The zero-order chi connectivity index (χ0) is 13.7. The minimum Gasteiger partial charge on any atom is -0.345 e. The number of rotatable bonds is 4. The van der Waals surface area contributed by atoms with Crippen LogP contribution in [0.15, 0.2) is 48.8 Å². The zero-order valence-electron chi connectivity index (χ0n) is 10.6. The third-order valence-corrected chi connectivity index (χ3v) is 2.70. The summed E-state index contributed by atoms with van der Waals surface area (Å²) in [5.74, 6) is -1.13. The van der Waals surface area contributed by atoms with Crippen molar-refractivity contribution in [3.8, 4) is 0 Å². The summed E-state index contributed by atoms with van der Waals surface area (Å²) in [7, 11) is 0. The minimum absolute atomic E-state index is 0.296. The molecule has 0 unspecified atom stereocenters. The Balaban J connectivity index is 1.96. The Labute approximate surface area is 111 Å². The summed E-state index contributed by atoms with van der Waals surface area (Å²) >= 11 is 0. The van der Waals surface area contributed by atoms with Gasteiger partial charge in [0.25, 0.3) is 5.91 Å². The van der Waals surface area contributed by atoms with Crippen LogP contribution in [0.3, 0.4) is 0 Å². The highest BCUT2D eigenvalue weighted by Gasteiger charge is 2.15. The molecule has 0 aliphatic heterocycles. The molecule has 1 heterocycles. The van der Waals surface area contributed by atoms with Crippen molar-refractivity contribution in [2.45, 2.75) is 13.5 Å². The normalized spacial score (nSPS) is 9.95. The van der Waals surface area contributed by atoms with E-state index in [1.165, 1.54) is 0 Å². The maximum absolute atomic E-state index is 11.8. The molecule has 1 aromatic heterocycles. The molecular weight excluding hydrogens is 240 g/mol. The van der Waals surface area contributed by atoms with Crippen LogP contribution in [-0.2, 0) is 11.3 Å². The maximum Gasteiger partial charge on any atom is 0.292 e. The van der Waals surface area contributed by atoms with E-state index in [1.54, 1.807) is 30.6 Å². The molecule has 0 fully saturated rings. The van der Waals surface area contributed by atoms with E-state index in [2.05, 4.69) is 10.3 Å². The number of aromatic nitrogens is 1. The quantitative estimate of drug-likeness (QED) is 0.669. The number of benzene rings is 1. The number of hydrogen-bond donors (Lipinski definition) is 1. The first-order valence-corrected chi connectivity index (χ1v) is 5.95. The lowest BCUT2D eigenvalue weighted by Gasteiger charge is -2.04. The number of hydrogen-bond acceptors (Lipinski definition) is 3. The van der Waals surface area contributed by atoms with E-state index in [9.17, 15) is 9.59 Å². The molecule has 0 bridgehead atoms. The Morgan fingerprint density at radius 3 is 2.53 bits per heavy atom. The minimum atomic E-state index is -0.604. The summed E-state index contributed by atoms with van der Waals surface area (Å²) in [4.78, 5) is 27.5. The van der Waals surface area contributed by atoms with Gasteiger partial charge in [0.2, 0.25) is 5.78 Å². The molecule has 1 amide bonds. The van der Waals surface area contributed by atoms with Gasteiger partial charge in [-0.2, -0.15) is 0 Å². The standard InChI is InChI=1S/C15H14N2O2/c1-11-4-6-13(7-5-11)14(18)15(19)17-10-12-3-2-8-16-9-12/h2-9H,10H2,1H3,(H,17,19). The van der Waals surface area contributed by atoms with E-state index in [0.29, 0.717) is 12.1 Å². The van der Waals surface area contributed by atoms with E-state index in [-0.39, 0.29) is 0 Å². The summed E-state index contributed by atoms with van der Waals surface area (Å²) in [5.41, 5.74) is 2.30. The predicted octanol–water partition coefficient (Wildman–Crippen LogP) is 1.89. The molecule has 0 aliphatic rings. The van der Waals surface area contributed by atoms with Gasteiger partial charge in [-0.05, 0) is 18.6 Å². The number of Topliss-reactive ketones (excluding diaryl/α,β-unsaturated/α-hetero) is 1. The average Bonchev–Trinajstić information content (AvgIpc) is 2.46. The largest absolute Gasteiger partial charge is 0.345 e. The first-order valence-electron chi connectivity index (χ1n) is 5.95. The van der Waals surface area contributed by atoms with E-state index < -0.39 is 11.7 Å². The Kier molecular flexibility index (Phi) is 4.03. The Hall–Kier alpha value is -2.49. The Morgan fingerprint density at radius 2 is 1.89 bits per heavy atom. The van der Waals surface area contributed by atoms with Crippen LogP contribution >= 0.6 is 0 Å². The number of carbonyl (C=O) groups excluding carboxylic acids is 2. The third kappa shape index (κ3) is 3.48. The Morgan fingerprint density at radius 1 is 1.16 bits per heavy atom. The molecule has 4 heteroatoms. The van der Waals surface area contributed by atoms with E-state index in [4.69, 9.17) is 0 Å². The molecule has 0 saturated carbocycles. The number of nitrogens with one attached hydrogen (secondary N) is 1. The van der Waals surface area contributed by atoms with Crippen molar-refractivity contribution < 1.29 is 9.59 Å². The molecular formula is C15H14N2O2. The molecule has 0 atom stereocenters. The number of carbonyl (C=O) groups is 2. The summed E-state index contributed by atoms with van der Waals surface area (Å²) < 4.78 is 0. The molecule has 1 N–H and O–H groups in total. The van der Waals surface area contributed by atoms with Gasteiger partial charge in [-0.15, -0.1) is 0 Å². The van der Waals surface area contributed by atoms with E-state index in [1.807, 2.05) is 25.1 Å². The molecule has 0 aliphatic carbocycles. The molecule has 2 rings (SSSR count). The number of amides is 1. The Bertz CT molecular complexity index is 577. The second-order valence-corrected chi connectivity index (χ2v) is 4.24. The van der Waals surface area contributed by atoms with Gasteiger partial charge in [0.15, 0.2) is 0 Å². The first kappa shape index (κ1) is 13.0. The monoisotopic (exact) mass is 254 g/mol. The molecule has 96 valence electrons. The van der Waals surface area contributed by atoms with E-state index in [0.717, 1.165) is 11.1 Å². The predicted molar refractivity (Wildman–Crippen MR) is 71.6 cm³/mol. The van der Waals surface area contributed by atoms with Gasteiger partial charge < -0.3 is 5.32 Å². The van der Waals surface area contributed by atoms with Crippen molar-refractivity contribution in [2.75, 3.05) is 0 Å². The van der Waals surface area contributed by atoms with Crippen molar-refractivity contribution in [1.29, 1.82) is 0 Å². The van der Waals surface area contributed by atoms with Gasteiger partial charge in [-0.25, -0.2) is 0 Å². The van der Waals surface area contributed by atoms with E-state index >= 15 is 0 Å². The first-order chi connectivity index (χ1) is 9.16. The molecule has 4 nitrogen and oxygen atoms in total. The molecule has 0 saturated heterocycles. The highest BCUT2D eigenvalue weighted by Crippen LogP contribution is 2.04. The highest BCUT2D eigenvalue weighted by molar-refractivity contribution is 6.42. The van der Waals surface area contributed by atoms with Crippen molar-refractivity contribution in [2.24, 2.45) is 0 Å². The van der Waals surface area contributed by atoms with Gasteiger partial charge in [0, 0.05) is 24.5 Å². The van der Waals surface area contributed by atoms with Crippen molar-refractivity contribution >= 4 is 11.7 Å². The van der Waals surface area contributed by atoms with Crippen molar-refractivity contribution in [1.82, 2.24) is 10.3 Å². The lowest BCUT2D eigenvalue weighted by atomic mass is 10.1. The topological polar surface area (TPSA) is 59.1 Å². The maximum atomic E-state index is 11.8. The van der Waals surface area contributed by atoms with Gasteiger partial charge in [-0.1, -0.05) is 35.9 Å².